The lowest BCUT2D eigenvalue weighted by molar-refractivity contribution is -0.138. The molecule has 1 saturated heterocycles. The molecule has 4 heteroatoms. The first-order valence-corrected chi connectivity index (χ1v) is 7.71. The Hall–Kier alpha value is -1.22. The molecule has 1 amide bonds. The molecular weight excluding hydrogens is 274 g/mol. The molecule has 1 aromatic rings. The summed E-state index contributed by atoms with van der Waals surface area (Å²) in [6.45, 7) is 4.48. The van der Waals surface area contributed by atoms with E-state index in [1.807, 2.05) is 23.1 Å². The molecule has 3 rings (SSSR count). The van der Waals surface area contributed by atoms with Crippen molar-refractivity contribution in [3.8, 4) is 5.75 Å². The van der Waals surface area contributed by atoms with E-state index in [1.54, 1.807) is 0 Å². The number of hydrogen-bond donors (Lipinski definition) is 0. The van der Waals surface area contributed by atoms with E-state index in [0.717, 1.165) is 37.2 Å². The van der Waals surface area contributed by atoms with Crippen molar-refractivity contribution in [3.63, 3.8) is 0 Å². The van der Waals surface area contributed by atoms with Gasteiger partial charge in [0.2, 0.25) is 5.91 Å². The Bertz CT molecular complexity index is 517. The van der Waals surface area contributed by atoms with Gasteiger partial charge in [0, 0.05) is 18.1 Å². The van der Waals surface area contributed by atoms with Gasteiger partial charge in [-0.25, -0.2) is 0 Å². The zero-order valence-corrected chi connectivity index (χ0v) is 12.5. The molecule has 2 atom stereocenters. The van der Waals surface area contributed by atoms with Crippen LogP contribution in [-0.4, -0.2) is 30.5 Å². The minimum atomic E-state index is -0.0636. The predicted molar refractivity (Wildman–Crippen MR) is 79.1 cm³/mol. The highest BCUT2D eigenvalue weighted by Crippen LogP contribution is 2.31. The molecule has 2 unspecified atom stereocenters. The number of ether oxygens (including phenoxy) is 1. The zero-order valence-electron chi connectivity index (χ0n) is 11.8. The van der Waals surface area contributed by atoms with Gasteiger partial charge < -0.3 is 9.64 Å². The van der Waals surface area contributed by atoms with Crippen LogP contribution in [-0.2, 0) is 11.2 Å². The second-order valence-corrected chi connectivity index (χ2v) is 6.43. The Labute approximate surface area is 124 Å². The summed E-state index contributed by atoms with van der Waals surface area (Å²) >= 11 is 6.02. The van der Waals surface area contributed by atoms with E-state index in [9.17, 15) is 4.79 Å². The van der Waals surface area contributed by atoms with Gasteiger partial charge in [-0.1, -0.05) is 18.5 Å². The molecule has 2 heterocycles. The number of likely N-dealkylation sites (tertiary alicyclic amines) is 1. The third-order valence-electron chi connectivity index (χ3n) is 4.25. The Morgan fingerprint density at radius 2 is 2.30 bits per heavy atom. The summed E-state index contributed by atoms with van der Waals surface area (Å²) in [7, 11) is 0. The lowest BCUT2D eigenvalue weighted by Crippen LogP contribution is -2.45. The van der Waals surface area contributed by atoms with E-state index < -0.39 is 0 Å². The van der Waals surface area contributed by atoms with Crippen molar-refractivity contribution >= 4 is 17.5 Å². The van der Waals surface area contributed by atoms with Crippen LogP contribution < -0.4 is 4.74 Å². The first kappa shape index (κ1) is 13.7. The molecule has 2 aliphatic rings. The molecule has 1 aromatic carbocycles. The lowest BCUT2D eigenvalue weighted by atomic mass is 9.93. The van der Waals surface area contributed by atoms with Crippen molar-refractivity contribution in [1.82, 2.24) is 4.90 Å². The van der Waals surface area contributed by atoms with Gasteiger partial charge in [0.1, 0.15) is 12.4 Å². The fraction of sp³-hybridized carbons (Fsp3) is 0.562. The number of rotatable bonds is 1. The van der Waals surface area contributed by atoms with Gasteiger partial charge in [0.15, 0.2) is 0 Å². The van der Waals surface area contributed by atoms with Crippen molar-refractivity contribution in [1.29, 1.82) is 0 Å². The lowest BCUT2D eigenvalue weighted by Gasteiger charge is -2.35. The van der Waals surface area contributed by atoms with E-state index >= 15 is 0 Å². The number of amides is 1. The summed E-state index contributed by atoms with van der Waals surface area (Å²) in [4.78, 5) is 14.6. The van der Waals surface area contributed by atoms with Gasteiger partial charge in [0.05, 0.1) is 5.92 Å². The van der Waals surface area contributed by atoms with Crippen LogP contribution in [0, 0.1) is 11.8 Å². The maximum absolute atomic E-state index is 12.6. The van der Waals surface area contributed by atoms with Gasteiger partial charge in [0.25, 0.3) is 0 Å². The van der Waals surface area contributed by atoms with Crippen LogP contribution in [0.25, 0.3) is 0 Å². The number of nitrogens with zero attached hydrogens (tertiary/aromatic N) is 1. The van der Waals surface area contributed by atoms with Crippen LogP contribution >= 0.6 is 11.6 Å². The van der Waals surface area contributed by atoms with Gasteiger partial charge in [-0.3, -0.25) is 4.79 Å². The zero-order chi connectivity index (χ0) is 14.1. The molecule has 0 spiro atoms. The summed E-state index contributed by atoms with van der Waals surface area (Å²) in [6.07, 6.45) is 3.08. The number of fused-ring (bicyclic) bond motifs is 1. The van der Waals surface area contributed by atoms with Crippen LogP contribution in [0.3, 0.4) is 0 Å². The highest BCUT2D eigenvalue weighted by Gasteiger charge is 2.31. The van der Waals surface area contributed by atoms with Gasteiger partial charge >= 0.3 is 0 Å². The number of benzene rings is 1. The van der Waals surface area contributed by atoms with Crippen LogP contribution in [0.1, 0.15) is 25.3 Å². The van der Waals surface area contributed by atoms with Crippen molar-refractivity contribution in [2.75, 3.05) is 19.7 Å². The minimum absolute atomic E-state index is 0.0636. The second kappa shape index (κ2) is 5.65. The number of halogens is 1. The van der Waals surface area contributed by atoms with Gasteiger partial charge in [-0.15, -0.1) is 0 Å². The molecule has 0 radical (unpaired) electrons. The molecule has 1 fully saturated rings. The third kappa shape index (κ3) is 2.78. The standard InChI is InChI=1S/C16H20ClNO2/c1-11-3-2-6-18(9-11)16(19)13-7-12-8-14(17)4-5-15(12)20-10-13/h4-5,8,11,13H,2-3,6-7,9-10H2,1H3. The minimum Gasteiger partial charge on any atom is -0.492 e. The van der Waals surface area contributed by atoms with Crippen LogP contribution in [0.4, 0.5) is 0 Å². The van der Waals surface area contributed by atoms with E-state index in [0.29, 0.717) is 17.5 Å². The molecule has 0 saturated carbocycles. The summed E-state index contributed by atoms with van der Waals surface area (Å²) in [5, 5.41) is 0.701. The van der Waals surface area contributed by atoms with Crippen LogP contribution in [0.2, 0.25) is 5.02 Å². The molecule has 0 bridgehead atoms. The average Bonchev–Trinajstić information content (AvgIpc) is 2.45. The fourth-order valence-electron chi connectivity index (χ4n) is 3.17. The summed E-state index contributed by atoms with van der Waals surface area (Å²) < 4.78 is 5.72. The smallest absolute Gasteiger partial charge is 0.229 e. The highest BCUT2D eigenvalue weighted by atomic mass is 35.5. The molecular formula is C16H20ClNO2. The van der Waals surface area contributed by atoms with E-state index in [1.165, 1.54) is 6.42 Å². The number of hydrogen-bond acceptors (Lipinski definition) is 2. The van der Waals surface area contributed by atoms with Crippen molar-refractivity contribution in [3.05, 3.63) is 28.8 Å². The first-order valence-electron chi connectivity index (χ1n) is 7.33. The van der Waals surface area contributed by atoms with Crippen LogP contribution in [0.5, 0.6) is 5.75 Å². The Kier molecular flexibility index (Phi) is 3.88. The second-order valence-electron chi connectivity index (χ2n) is 6.00. The number of carbonyl (C=O) groups is 1. The van der Waals surface area contributed by atoms with Crippen molar-refractivity contribution in [2.45, 2.75) is 26.2 Å². The summed E-state index contributed by atoms with van der Waals surface area (Å²) in [6, 6.07) is 5.63. The maximum atomic E-state index is 12.6. The maximum Gasteiger partial charge on any atom is 0.229 e. The highest BCUT2D eigenvalue weighted by molar-refractivity contribution is 6.30. The normalized spacial score (nSPS) is 25.8. The molecule has 108 valence electrons. The summed E-state index contributed by atoms with van der Waals surface area (Å²) in [5.74, 6) is 1.65. The summed E-state index contributed by atoms with van der Waals surface area (Å²) in [5.41, 5.74) is 1.05. The SMILES string of the molecule is CC1CCCN(C(=O)C2COc3ccc(Cl)cc3C2)C1. The largest absolute Gasteiger partial charge is 0.492 e. The monoisotopic (exact) mass is 293 g/mol. The Morgan fingerprint density at radius 3 is 3.10 bits per heavy atom. The van der Waals surface area contributed by atoms with E-state index in [2.05, 4.69) is 6.92 Å². The molecule has 0 N–H and O–H groups in total. The Balaban J connectivity index is 1.71. The van der Waals surface area contributed by atoms with Crippen molar-refractivity contribution in [2.24, 2.45) is 11.8 Å². The van der Waals surface area contributed by atoms with E-state index in [4.69, 9.17) is 16.3 Å². The van der Waals surface area contributed by atoms with Gasteiger partial charge in [-0.05, 0) is 48.9 Å². The molecule has 0 aliphatic carbocycles. The van der Waals surface area contributed by atoms with Crippen LogP contribution in [0.15, 0.2) is 18.2 Å². The average molecular weight is 294 g/mol. The van der Waals surface area contributed by atoms with Gasteiger partial charge in [-0.2, -0.15) is 0 Å². The fourth-order valence-corrected chi connectivity index (χ4v) is 3.36. The molecule has 3 nitrogen and oxygen atoms in total. The van der Waals surface area contributed by atoms with E-state index in [-0.39, 0.29) is 11.8 Å². The number of piperidine rings is 1. The topological polar surface area (TPSA) is 29.5 Å². The molecule has 20 heavy (non-hydrogen) atoms. The molecule has 2 aliphatic heterocycles. The third-order valence-corrected chi connectivity index (χ3v) is 4.48. The predicted octanol–water partition coefficient (Wildman–Crippen LogP) is 3.15. The first-order chi connectivity index (χ1) is 9.63. The molecule has 0 aromatic heterocycles. The Morgan fingerprint density at radius 1 is 1.45 bits per heavy atom. The number of carbonyl (C=O) groups excluding carboxylic acids is 1. The van der Waals surface area contributed by atoms with Crippen molar-refractivity contribution < 1.29 is 9.53 Å². The quantitative estimate of drug-likeness (QED) is 0.796.